The maximum absolute atomic E-state index is 12.9. The zero-order valence-electron chi connectivity index (χ0n) is 15.0. The van der Waals surface area contributed by atoms with Gasteiger partial charge in [-0.2, -0.15) is 0 Å². The van der Waals surface area contributed by atoms with Crippen molar-refractivity contribution in [1.82, 2.24) is 9.80 Å². The Hall–Kier alpha value is -1.06. The van der Waals surface area contributed by atoms with Crippen LogP contribution >= 0.6 is 0 Å². The Balaban J connectivity index is 1.60. The van der Waals surface area contributed by atoms with Crippen LogP contribution in [0.1, 0.15) is 65.7 Å². The number of rotatable bonds is 5. The average molecular weight is 320 g/mol. The minimum Gasteiger partial charge on any atom is -0.339 e. The van der Waals surface area contributed by atoms with Crippen molar-refractivity contribution >= 4 is 11.8 Å². The van der Waals surface area contributed by atoms with E-state index in [1.807, 2.05) is 4.90 Å². The fraction of sp³-hybridized carbons (Fsp3) is 0.895. The molecule has 130 valence electrons. The SMILES string of the molecule is CC(C)CN(C(=O)C1CC(=O)N(C2CCC(C)CC2)C1)C1CC1. The van der Waals surface area contributed by atoms with Gasteiger partial charge in [-0.1, -0.05) is 20.8 Å². The van der Waals surface area contributed by atoms with Crippen LogP contribution in [0, 0.1) is 17.8 Å². The lowest BCUT2D eigenvalue weighted by Gasteiger charge is -2.34. The lowest BCUT2D eigenvalue weighted by Crippen LogP contribution is -2.42. The number of carbonyl (C=O) groups excluding carboxylic acids is 2. The molecule has 4 heteroatoms. The zero-order chi connectivity index (χ0) is 16.6. The third-order valence-corrected chi connectivity index (χ3v) is 5.77. The standard InChI is InChI=1S/C19H32N2O2/c1-13(2)11-21(17-8-9-17)19(23)15-10-18(22)20(12-15)16-6-4-14(3)5-7-16/h13-17H,4-12H2,1-3H3. The smallest absolute Gasteiger partial charge is 0.228 e. The van der Waals surface area contributed by atoms with E-state index in [9.17, 15) is 9.59 Å². The van der Waals surface area contributed by atoms with Gasteiger partial charge in [0, 0.05) is 31.6 Å². The summed E-state index contributed by atoms with van der Waals surface area (Å²) < 4.78 is 0. The number of carbonyl (C=O) groups is 2. The van der Waals surface area contributed by atoms with E-state index in [2.05, 4.69) is 25.7 Å². The summed E-state index contributed by atoms with van der Waals surface area (Å²) in [5, 5.41) is 0. The molecule has 0 radical (unpaired) electrons. The quantitative estimate of drug-likeness (QED) is 0.781. The number of amides is 2. The molecule has 0 N–H and O–H groups in total. The van der Waals surface area contributed by atoms with Crippen molar-refractivity contribution < 1.29 is 9.59 Å². The second-order valence-electron chi connectivity index (χ2n) is 8.48. The first-order chi connectivity index (χ1) is 11.0. The molecule has 0 aromatic rings. The van der Waals surface area contributed by atoms with Gasteiger partial charge in [0.2, 0.25) is 11.8 Å². The molecule has 2 saturated carbocycles. The first-order valence-electron chi connectivity index (χ1n) is 9.55. The van der Waals surface area contributed by atoms with Gasteiger partial charge in [0.05, 0.1) is 5.92 Å². The molecule has 2 amide bonds. The van der Waals surface area contributed by atoms with E-state index >= 15 is 0 Å². The fourth-order valence-electron chi connectivity index (χ4n) is 4.24. The molecule has 3 rings (SSSR count). The molecule has 1 atom stereocenters. The highest BCUT2D eigenvalue weighted by molar-refractivity contribution is 5.89. The maximum atomic E-state index is 12.9. The third kappa shape index (κ3) is 3.89. The van der Waals surface area contributed by atoms with E-state index in [-0.39, 0.29) is 17.7 Å². The summed E-state index contributed by atoms with van der Waals surface area (Å²) in [6, 6.07) is 0.834. The first kappa shape index (κ1) is 16.8. The van der Waals surface area contributed by atoms with Crippen LogP contribution in [0.3, 0.4) is 0 Å². The Morgan fingerprint density at radius 1 is 1.17 bits per heavy atom. The molecule has 0 aromatic carbocycles. The Kier molecular flexibility index (Phi) is 4.98. The highest BCUT2D eigenvalue weighted by Gasteiger charge is 2.43. The predicted octanol–water partition coefficient (Wildman–Crippen LogP) is 3.06. The summed E-state index contributed by atoms with van der Waals surface area (Å²) in [6.07, 6.45) is 7.39. The van der Waals surface area contributed by atoms with Crippen molar-refractivity contribution in [3.8, 4) is 0 Å². The second-order valence-corrected chi connectivity index (χ2v) is 8.48. The van der Waals surface area contributed by atoms with Gasteiger partial charge < -0.3 is 9.80 Å². The number of hydrogen-bond acceptors (Lipinski definition) is 2. The highest BCUT2D eigenvalue weighted by atomic mass is 16.2. The van der Waals surface area contributed by atoms with Gasteiger partial charge in [-0.05, 0) is 50.4 Å². The van der Waals surface area contributed by atoms with E-state index in [1.165, 1.54) is 12.8 Å². The van der Waals surface area contributed by atoms with Crippen molar-refractivity contribution in [3.63, 3.8) is 0 Å². The van der Waals surface area contributed by atoms with Crippen molar-refractivity contribution in [3.05, 3.63) is 0 Å². The van der Waals surface area contributed by atoms with Gasteiger partial charge in [-0.25, -0.2) is 0 Å². The zero-order valence-corrected chi connectivity index (χ0v) is 15.0. The van der Waals surface area contributed by atoms with Crippen molar-refractivity contribution in [2.75, 3.05) is 13.1 Å². The molecule has 3 aliphatic rings. The van der Waals surface area contributed by atoms with Crippen LogP contribution in [0.2, 0.25) is 0 Å². The van der Waals surface area contributed by atoms with E-state index < -0.39 is 0 Å². The highest BCUT2D eigenvalue weighted by Crippen LogP contribution is 2.34. The Bertz CT molecular complexity index is 450. The topological polar surface area (TPSA) is 40.6 Å². The van der Waals surface area contributed by atoms with Crippen molar-refractivity contribution in [2.24, 2.45) is 17.8 Å². The molecule has 3 fully saturated rings. The molecular formula is C19H32N2O2. The summed E-state index contributed by atoms with van der Waals surface area (Å²) in [5.74, 6) is 1.64. The second kappa shape index (κ2) is 6.82. The average Bonchev–Trinajstić information content (AvgIpc) is 3.27. The van der Waals surface area contributed by atoms with Gasteiger partial charge in [-0.15, -0.1) is 0 Å². The maximum Gasteiger partial charge on any atom is 0.228 e. The van der Waals surface area contributed by atoms with Crippen LogP contribution < -0.4 is 0 Å². The molecule has 1 unspecified atom stereocenters. The summed E-state index contributed by atoms with van der Waals surface area (Å²) in [5.41, 5.74) is 0. The lowest BCUT2D eigenvalue weighted by atomic mass is 9.86. The first-order valence-corrected chi connectivity index (χ1v) is 9.55. The van der Waals surface area contributed by atoms with Crippen molar-refractivity contribution in [2.45, 2.75) is 77.8 Å². The summed E-state index contributed by atoms with van der Waals surface area (Å²) in [7, 11) is 0. The van der Waals surface area contributed by atoms with Crippen LogP contribution in [0.25, 0.3) is 0 Å². The largest absolute Gasteiger partial charge is 0.339 e. The van der Waals surface area contributed by atoms with Crippen LogP contribution in [-0.4, -0.2) is 46.8 Å². The van der Waals surface area contributed by atoms with Crippen LogP contribution in [0.4, 0.5) is 0 Å². The summed E-state index contributed by atoms with van der Waals surface area (Å²) >= 11 is 0. The number of nitrogens with zero attached hydrogens (tertiary/aromatic N) is 2. The summed E-state index contributed by atoms with van der Waals surface area (Å²) in [4.78, 5) is 29.5. The molecule has 2 aliphatic carbocycles. The molecule has 0 spiro atoms. The Labute approximate surface area is 140 Å². The van der Waals surface area contributed by atoms with Crippen LogP contribution in [0.15, 0.2) is 0 Å². The van der Waals surface area contributed by atoms with E-state index in [1.54, 1.807) is 0 Å². The molecule has 0 bridgehead atoms. The Morgan fingerprint density at radius 2 is 1.83 bits per heavy atom. The number of hydrogen-bond donors (Lipinski definition) is 0. The monoisotopic (exact) mass is 320 g/mol. The molecule has 1 saturated heterocycles. The molecule has 1 aliphatic heterocycles. The normalized spacial score (nSPS) is 31.7. The minimum atomic E-state index is -0.0961. The fourth-order valence-corrected chi connectivity index (χ4v) is 4.24. The van der Waals surface area contributed by atoms with E-state index in [0.717, 1.165) is 38.1 Å². The molecule has 23 heavy (non-hydrogen) atoms. The molecular weight excluding hydrogens is 288 g/mol. The van der Waals surface area contributed by atoms with E-state index in [0.29, 0.717) is 31.0 Å². The summed E-state index contributed by atoms with van der Waals surface area (Å²) in [6.45, 7) is 8.14. The van der Waals surface area contributed by atoms with Crippen molar-refractivity contribution in [1.29, 1.82) is 0 Å². The van der Waals surface area contributed by atoms with Gasteiger partial charge >= 0.3 is 0 Å². The van der Waals surface area contributed by atoms with Gasteiger partial charge in [0.15, 0.2) is 0 Å². The van der Waals surface area contributed by atoms with Crippen LogP contribution in [0.5, 0.6) is 0 Å². The van der Waals surface area contributed by atoms with E-state index in [4.69, 9.17) is 0 Å². The van der Waals surface area contributed by atoms with Gasteiger partial charge in [-0.3, -0.25) is 9.59 Å². The molecule has 0 aromatic heterocycles. The third-order valence-electron chi connectivity index (χ3n) is 5.77. The van der Waals surface area contributed by atoms with Gasteiger partial charge in [0.25, 0.3) is 0 Å². The lowest BCUT2D eigenvalue weighted by molar-refractivity contribution is -0.137. The Morgan fingerprint density at radius 3 is 2.39 bits per heavy atom. The van der Waals surface area contributed by atoms with Gasteiger partial charge in [0.1, 0.15) is 0 Å². The predicted molar refractivity (Wildman–Crippen MR) is 90.8 cm³/mol. The minimum absolute atomic E-state index is 0.0961. The molecule has 1 heterocycles. The van der Waals surface area contributed by atoms with Crippen LogP contribution in [-0.2, 0) is 9.59 Å². The molecule has 4 nitrogen and oxygen atoms in total. The number of likely N-dealkylation sites (tertiary alicyclic amines) is 1.